The van der Waals surface area contributed by atoms with Gasteiger partial charge in [-0.3, -0.25) is 14.9 Å². The Morgan fingerprint density at radius 2 is 1.79 bits per heavy atom. The zero-order valence-corrected chi connectivity index (χ0v) is 11.8. The third-order valence-electron chi connectivity index (χ3n) is 3.08. The number of rotatable bonds is 4. The second-order valence-corrected chi connectivity index (χ2v) is 4.62. The molecule has 122 valence electrons. The largest absolute Gasteiger partial charge is 0.332 e. The minimum Gasteiger partial charge on any atom is -0.332 e. The normalized spacial score (nSPS) is 11.4. The van der Waals surface area contributed by atoms with Gasteiger partial charge >= 0.3 is 0 Å². The molecule has 0 aromatic heterocycles. The van der Waals surface area contributed by atoms with Crippen molar-refractivity contribution in [3.05, 3.63) is 75.1 Å². The van der Waals surface area contributed by atoms with Crippen LogP contribution in [0.2, 0.25) is 0 Å². The van der Waals surface area contributed by atoms with E-state index in [1.807, 2.05) is 0 Å². The molecule has 9 heteroatoms. The number of halogens is 3. The van der Waals surface area contributed by atoms with Crippen molar-refractivity contribution >= 4 is 11.6 Å². The van der Waals surface area contributed by atoms with Crippen molar-refractivity contribution in [2.75, 3.05) is 0 Å². The van der Waals surface area contributed by atoms with Gasteiger partial charge < -0.3 is 5.32 Å². The third-order valence-corrected chi connectivity index (χ3v) is 3.08. The molecule has 2 aromatic carbocycles. The van der Waals surface area contributed by atoms with Crippen LogP contribution in [0.4, 0.5) is 18.9 Å². The quantitative estimate of drug-likeness (QED) is 0.686. The van der Waals surface area contributed by atoms with Crippen molar-refractivity contribution in [3.63, 3.8) is 0 Å². The number of hydrogen-bond donors (Lipinski definition) is 1. The van der Waals surface area contributed by atoms with Gasteiger partial charge in [0.25, 0.3) is 11.6 Å². The molecule has 0 bridgehead atoms. The number of nitro benzene ring substituents is 1. The van der Waals surface area contributed by atoms with Crippen LogP contribution in [0.15, 0.2) is 36.4 Å². The zero-order valence-electron chi connectivity index (χ0n) is 11.8. The van der Waals surface area contributed by atoms with Crippen molar-refractivity contribution < 1.29 is 22.9 Å². The van der Waals surface area contributed by atoms with Crippen molar-refractivity contribution in [2.24, 2.45) is 0 Å². The van der Waals surface area contributed by atoms with Gasteiger partial charge in [0.2, 0.25) is 0 Å². The lowest BCUT2D eigenvalue weighted by Gasteiger charge is -2.13. The summed E-state index contributed by atoms with van der Waals surface area (Å²) in [5.41, 5.74) is -1.61. The highest BCUT2D eigenvalue weighted by Gasteiger charge is 2.25. The molecule has 0 aliphatic rings. The molecule has 0 saturated heterocycles. The third kappa shape index (κ3) is 3.49. The number of nitrogens with one attached hydrogen (secondary N) is 1. The van der Waals surface area contributed by atoms with E-state index in [-0.39, 0.29) is 5.56 Å². The molecule has 6 nitrogen and oxygen atoms in total. The van der Waals surface area contributed by atoms with Gasteiger partial charge in [0.1, 0.15) is 29.1 Å². The molecule has 0 saturated carbocycles. The van der Waals surface area contributed by atoms with E-state index in [4.69, 9.17) is 5.26 Å². The summed E-state index contributed by atoms with van der Waals surface area (Å²) in [4.78, 5) is 22.0. The molecule has 1 amide bonds. The molecule has 1 atom stereocenters. The summed E-state index contributed by atoms with van der Waals surface area (Å²) in [6, 6.07) is 4.75. The number of nitriles is 1. The van der Waals surface area contributed by atoms with Crippen LogP contribution in [0.5, 0.6) is 0 Å². The van der Waals surface area contributed by atoms with Gasteiger partial charge in [-0.05, 0) is 18.2 Å². The van der Waals surface area contributed by atoms with E-state index in [0.717, 1.165) is 24.3 Å². The Balaban J connectivity index is 2.34. The maximum Gasteiger partial charge on any atom is 0.285 e. The highest BCUT2D eigenvalue weighted by atomic mass is 19.1. The van der Waals surface area contributed by atoms with Crippen molar-refractivity contribution in [1.82, 2.24) is 5.32 Å². The summed E-state index contributed by atoms with van der Waals surface area (Å²) in [5.74, 6) is -3.92. The Morgan fingerprint density at radius 3 is 2.38 bits per heavy atom. The van der Waals surface area contributed by atoms with Crippen LogP contribution in [0.25, 0.3) is 0 Å². The topological polar surface area (TPSA) is 96.0 Å². The summed E-state index contributed by atoms with van der Waals surface area (Å²) in [6.07, 6.45) is 0. The predicted octanol–water partition coefficient (Wildman–Crippen LogP) is 3.01. The van der Waals surface area contributed by atoms with Crippen molar-refractivity contribution in [2.45, 2.75) is 6.04 Å². The first kappa shape index (κ1) is 17.0. The lowest BCUT2D eigenvalue weighted by atomic mass is 10.1. The molecule has 0 spiro atoms. The second-order valence-electron chi connectivity index (χ2n) is 4.62. The molecule has 0 aliphatic heterocycles. The first-order chi connectivity index (χ1) is 11.3. The predicted molar refractivity (Wildman–Crippen MR) is 75.2 cm³/mol. The number of benzene rings is 2. The van der Waals surface area contributed by atoms with Crippen LogP contribution >= 0.6 is 0 Å². The van der Waals surface area contributed by atoms with E-state index >= 15 is 0 Å². The van der Waals surface area contributed by atoms with Crippen LogP contribution in [-0.2, 0) is 0 Å². The van der Waals surface area contributed by atoms with E-state index in [0.29, 0.717) is 12.1 Å². The average molecular weight is 335 g/mol. The fourth-order valence-electron chi connectivity index (χ4n) is 1.97. The van der Waals surface area contributed by atoms with Gasteiger partial charge in [0.05, 0.1) is 17.1 Å². The Kier molecular flexibility index (Phi) is 4.79. The van der Waals surface area contributed by atoms with Gasteiger partial charge in [-0.15, -0.1) is 0 Å². The van der Waals surface area contributed by atoms with E-state index in [1.54, 1.807) is 6.07 Å². The Morgan fingerprint density at radius 1 is 1.17 bits per heavy atom. The minimum absolute atomic E-state index is 0.308. The Bertz CT molecular complexity index is 865. The molecule has 1 N–H and O–H groups in total. The molecule has 0 radical (unpaired) electrons. The van der Waals surface area contributed by atoms with Gasteiger partial charge in [-0.1, -0.05) is 6.07 Å². The summed E-state index contributed by atoms with van der Waals surface area (Å²) in [7, 11) is 0. The fraction of sp³-hybridized carbons (Fsp3) is 0.0667. The van der Waals surface area contributed by atoms with Gasteiger partial charge in [-0.25, -0.2) is 13.2 Å². The number of hydrogen-bond acceptors (Lipinski definition) is 4. The average Bonchev–Trinajstić information content (AvgIpc) is 2.52. The van der Waals surface area contributed by atoms with E-state index in [2.05, 4.69) is 5.32 Å². The minimum atomic E-state index is -1.51. The highest BCUT2D eigenvalue weighted by molar-refractivity contribution is 5.98. The number of nitrogens with zero attached hydrogens (tertiary/aromatic N) is 2. The molecular weight excluding hydrogens is 327 g/mol. The summed E-state index contributed by atoms with van der Waals surface area (Å²) in [5, 5.41) is 22.0. The van der Waals surface area contributed by atoms with Crippen LogP contribution in [0.3, 0.4) is 0 Å². The first-order valence-corrected chi connectivity index (χ1v) is 6.43. The van der Waals surface area contributed by atoms with E-state index in [1.165, 1.54) is 0 Å². The van der Waals surface area contributed by atoms with Crippen molar-refractivity contribution in [1.29, 1.82) is 5.26 Å². The molecule has 2 aromatic rings. The smallest absolute Gasteiger partial charge is 0.285 e. The zero-order chi connectivity index (χ0) is 17.9. The Labute approximate surface area is 133 Å². The van der Waals surface area contributed by atoms with Crippen molar-refractivity contribution in [3.8, 4) is 6.07 Å². The number of nitro groups is 1. The lowest BCUT2D eigenvalue weighted by Crippen LogP contribution is -2.29. The second kappa shape index (κ2) is 6.78. The maximum absolute atomic E-state index is 13.7. The SMILES string of the molecule is N#C[C@H](NC(=O)c1ccc(F)cc1[N+](=O)[O-])c1ccc(F)cc1F. The summed E-state index contributed by atoms with van der Waals surface area (Å²) < 4.78 is 39.7. The molecule has 0 heterocycles. The van der Waals surface area contributed by atoms with Gasteiger partial charge in [-0.2, -0.15) is 5.26 Å². The molecule has 24 heavy (non-hydrogen) atoms. The Hall–Kier alpha value is -3.41. The summed E-state index contributed by atoms with van der Waals surface area (Å²) >= 11 is 0. The lowest BCUT2D eigenvalue weighted by molar-refractivity contribution is -0.385. The first-order valence-electron chi connectivity index (χ1n) is 6.43. The van der Waals surface area contributed by atoms with E-state index < -0.39 is 45.6 Å². The van der Waals surface area contributed by atoms with Crippen LogP contribution in [-0.4, -0.2) is 10.8 Å². The molecule has 0 aliphatic carbocycles. The monoisotopic (exact) mass is 335 g/mol. The molecule has 0 unspecified atom stereocenters. The van der Waals surface area contributed by atoms with Crippen LogP contribution < -0.4 is 5.32 Å². The molecule has 0 fully saturated rings. The standard InChI is InChI=1S/C15H8F3N3O3/c16-8-1-3-10(12(18)5-8)13(7-19)20-15(22)11-4-2-9(17)6-14(11)21(23)24/h1-6,13H,(H,20,22)/t13-/m0/s1. The fourth-order valence-corrected chi connectivity index (χ4v) is 1.97. The summed E-state index contributed by atoms with van der Waals surface area (Å²) in [6.45, 7) is 0. The number of carbonyl (C=O) groups excluding carboxylic acids is 1. The molecule has 2 rings (SSSR count). The molecular formula is C15H8F3N3O3. The number of amides is 1. The maximum atomic E-state index is 13.7. The van der Waals surface area contributed by atoms with Crippen LogP contribution in [0, 0.1) is 38.9 Å². The van der Waals surface area contributed by atoms with Crippen LogP contribution in [0.1, 0.15) is 22.0 Å². The highest BCUT2D eigenvalue weighted by Crippen LogP contribution is 2.22. The van der Waals surface area contributed by atoms with E-state index in [9.17, 15) is 28.1 Å². The van der Waals surface area contributed by atoms with Gasteiger partial charge in [0, 0.05) is 11.6 Å². The van der Waals surface area contributed by atoms with Gasteiger partial charge in [0.15, 0.2) is 0 Å². The number of carbonyl (C=O) groups is 1.